The molecule has 5 nitrogen and oxygen atoms in total. The minimum atomic E-state index is -0.286. The Morgan fingerprint density at radius 1 is 1.28 bits per heavy atom. The molecule has 126 valence electrons. The van der Waals surface area contributed by atoms with Crippen molar-refractivity contribution in [2.75, 3.05) is 0 Å². The van der Waals surface area contributed by atoms with Gasteiger partial charge in [0, 0.05) is 10.3 Å². The predicted octanol–water partition coefficient (Wildman–Crippen LogP) is 4.23. The Kier molecular flexibility index (Phi) is 4.42. The van der Waals surface area contributed by atoms with Crippen LogP contribution in [0.2, 0.25) is 0 Å². The molecule has 0 aliphatic carbocycles. The first-order valence-electron chi connectivity index (χ1n) is 7.81. The van der Waals surface area contributed by atoms with Gasteiger partial charge in [-0.2, -0.15) is 0 Å². The van der Waals surface area contributed by atoms with Crippen LogP contribution in [0.3, 0.4) is 0 Å². The molecule has 4 aromatic rings. The second kappa shape index (κ2) is 6.85. The third kappa shape index (κ3) is 3.25. The Balaban J connectivity index is 1.54. The third-order valence-corrected chi connectivity index (χ3v) is 5.76. The quantitative estimate of drug-likeness (QED) is 0.421. The fourth-order valence-corrected chi connectivity index (χ4v) is 4.06. The highest BCUT2D eigenvalue weighted by molar-refractivity contribution is 8.00. The van der Waals surface area contributed by atoms with Crippen molar-refractivity contribution in [1.82, 2.24) is 15.3 Å². The molecule has 7 heteroatoms. The number of thioether (sulfide) groups is 1. The number of carbonyl (C=O) groups excluding carboxylic acids is 1. The van der Waals surface area contributed by atoms with Crippen LogP contribution < -0.4 is 5.32 Å². The van der Waals surface area contributed by atoms with E-state index in [4.69, 9.17) is 4.42 Å². The normalized spacial score (nSPS) is 12.5. The standard InChI is InChI=1S/C18H15N3O2S2/c1-11(17(22)19-9-12-5-4-8-24-12)25-18-16-15(20-10-21-18)13-6-2-3-7-14(13)23-16/h2-8,10-11H,9H2,1H3,(H,19,22)/t11-/m1/s1. The van der Waals surface area contributed by atoms with Crippen molar-refractivity contribution >= 4 is 51.1 Å². The van der Waals surface area contributed by atoms with Gasteiger partial charge in [-0.3, -0.25) is 4.79 Å². The van der Waals surface area contributed by atoms with E-state index in [-0.39, 0.29) is 11.2 Å². The average molecular weight is 369 g/mol. The molecule has 1 amide bonds. The average Bonchev–Trinajstić information content (AvgIpc) is 3.27. The Hall–Kier alpha value is -2.38. The number of rotatable bonds is 5. The van der Waals surface area contributed by atoms with E-state index in [1.54, 1.807) is 11.3 Å². The molecule has 0 aliphatic rings. The van der Waals surface area contributed by atoms with Crippen molar-refractivity contribution < 1.29 is 9.21 Å². The van der Waals surface area contributed by atoms with Crippen LogP contribution in [-0.2, 0) is 11.3 Å². The van der Waals surface area contributed by atoms with Gasteiger partial charge in [-0.25, -0.2) is 9.97 Å². The Labute approximate surface area is 152 Å². The molecular formula is C18H15N3O2S2. The minimum Gasteiger partial charge on any atom is -0.451 e. The summed E-state index contributed by atoms with van der Waals surface area (Å²) in [7, 11) is 0. The van der Waals surface area contributed by atoms with E-state index < -0.39 is 0 Å². The number of amides is 1. The first kappa shape index (κ1) is 16.1. The van der Waals surface area contributed by atoms with Gasteiger partial charge in [0.25, 0.3) is 0 Å². The Morgan fingerprint density at radius 3 is 3.00 bits per heavy atom. The van der Waals surface area contributed by atoms with Crippen molar-refractivity contribution in [3.05, 3.63) is 53.0 Å². The summed E-state index contributed by atoms with van der Waals surface area (Å²) in [4.78, 5) is 22.1. The van der Waals surface area contributed by atoms with E-state index in [1.807, 2.05) is 48.7 Å². The molecule has 0 radical (unpaired) electrons. The second-order valence-corrected chi connectivity index (χ2v) is 7.87. The summed E-state index contributed by atoms with van der Waals surface area (Å²) >= 11 is 3.01. The van der Waals surface area contributed by atoms with Crippen LogP contribution in [0.4, 0.5) is 0 Å². The van der Waals surface area contributed by atoms with E-state index >= 15 is 0 Å². The van der Waals surface area contributed by atoms with Gasteiger partial charge in [0.2, 0.25) is 5.91 Å². The number of para-hydroxylation sites is 1. The lowest BCUT2D eigenvalue weighted by atomic mass is 10.2. The van der Waals surface area contributed by atoms with Gasteiger partial charge < -0.3 is 9.73 Å². The van der Waals surface area contributed by atoms with Crippen molar-refractivity contribution in [2.24, 2.45) is 0 Å². The zero-order valence-corrected chi connectivity index (χ0v) is 15.1. The van der Waals surface area contributed by atoms with Crippen LogP contribution in [0.5, 0.6) is 0 Å². The lowest BCUT2D eigenvalue weighted by Gasteiger charge is -2.10. The third-order valence-electron chi connectivity index (χ3n) is 3.80. The van der Waals surface area contributed by atoms with Crippen LogP contribution >= 0.6 is 23.1 Å². The van der Waals surface area contributed by atoms with Gasteiger partial charge in [-0.15, -0.1) is 11.3 Å². The number of benzene rings is 1. The van der Waals surface area contributed by atoms with Crippen molar-refractivity contribution in [3.8, 4) is 0 Å². The summed E-state index contributed by atoms with van der Waals surface area (Å²) in [6.07, 6.45) is 1.52. The van der Waals surface area contributed by atoms with Crippen LogP contribution in [0, 0.1) is 0 Å². The number of thiophene rings is 1. The van der Waals surface area contributed by atoms with Gasteiger partial charge in [0.05, 0.1) is 11.8 Å². The molecule has 1 N–H and O–H groups in total. The molecule has 1 aromatic carbocycles. The number of carbonyl (C=O) groups is 1. The van der Waals surface area contributed by atoms with Crippen molar-refractivity contribution in [2.45, 2.75) is 23.7 Å². The van der Waals surface area contributed by atoms with E-state index in [1.165, 1.54) is 18.1 Å². The molecule has 0 fully saturated rings. The van der Waals surface area contributed by atoms with Crippen LogP contribution in [0.1, 0.15) is 11.8 Å². The van der Waals surface area contributed by atoms with Crippen molar-refractivity contribution in [1.29, 1.82) is 0 Å². The highest BCUT2D eigenvalue weighted by Crippen LogP contribution is 2.34. The number of furan rings is 1. The Morgan fingerprint density at radius 2 is 2.16 bits per heavy atom. The van der Waals surface area contributed by atoms with Crippen molar-refractivity contribution in [3.63, 3.8) is 0 Å². The highest BCUT2D eigenvalue weighted by Gasteiger charge is 2.19. The highest BCUT2D eigenvalue weighted by atomic mass is 32.2. The lowest BCUT2D eigenvalue weighted by Crippen LogP contribution is -2.30. The number of nitrogens with zero attached hydrogens (tertiary/aromatic N) is 2. The molecule has 3 heterocycles. The first-order chi connectivity index (χ1) is 12.2. The lowest BCUT2D eigenvalue weighted by molar-refractivity contribution is -0.120. The van der Waals surface area contributed by atoms with E-state index in [9.17, 15) is 4.79 Å². The molecule has 4 rings (SSSR count). The first-order valence-corrected chi connectivity index (χ1v) is 9.57. The van der Waals surface area contributed by atoms with Gasteiger partial charge in [0.1, 0.15) is 22.5 Å². The van der Waals surface area contributed by atoms with E-state index in [0.717, 1.165) is 21.4 Å². The predicted molar refractivity (Wildman–Crippen MR) is 101 cm³/mol. The number of fused-ring (bicyclic) bond motifs is 3. The molecular weight excluding hydrogens is 354 g/mol. The zero-order chi connectivity index (χ0) is 17.2. The molecule has 0 aliphatic heterocycles. The molecule has 3 aromatic heterocycles. The second-order valence-electron chi connectivity index (χ2n) is 5.51. The van der Waals surface area contributed by atoms with E-state index in [2.05, 4.69) is 15.3 Å². The van der Waals surface area contributed by atoms with Gasteiger partial charge in [0.15, 0.2) is 5.58 Å². The van der Waals surface area contributed by atoms with Crippen LogP contribution in [0.25, 0.3) is 22.1 Å². The number of hydrogen-bond donors (Lipinski definition) is 1. The molecule has 0 bridgehead atoms. The summed E-state index contributed by atoms with van der Waals surface area (Å²) in [5, 5.41) is 6.31. The molecule has 1 atom stereocenters. The fourth-order valence-electron chi connectivity index (χ4n) is 2.54. The fraction of sp³-hybridized carbons (Fsp3) is 0.167. The van der Waals surface area contributed by atoms with Gasteiger partial charge >= 0.3 is 0 Å². The Bertz CT molecular complexity index is 1030. The summed E-state index contributed by atoms with van der Waals surface area (Å²) in [6, 6.07) is 11.7. The number of nitrogens with one attached hydrogen (secondary N) is 1. The van der Waals surface area contributed by atoms with Crippen LogP contribution in [-0.4, -0.2) is 21.1 Å². The summed E-state index contributed by atoms with van der Waals surface area (Å²) in [6.45, 7) is 2.41. The summed E-state index contributed by atoms with van der Waals surface area (Å²) in [5.74, 6) is -0.0266. The van der Waals surface area contributed by atoms with Gasteiger partial charge in [-0.05, 0) is 30.5 Å². The molecule has 0 unspecified atom stereocenters. The zero-order valence-electron chi connectivity index (χ0n) is 13.4. The maximum atomic E-state index is 12.3. The molecule has 0 saturated heterocycles. The van der Waals surface area contributed by atoms with Gasteiger partial charge in [-0.1, -0.05) is 30.0 Å². The van der Waals surface area contributed by atoms with E-state index in [0.29, 0.717) is 17.2 Å². The molecule has 0 spiro atoms. The largest absolute Gasteiger partial charge is 0.451 e. The summed E-state index contributed by atoms with van der Waals surface area (Å²) < 4.78 is 5.91. The molecule has 0 saturated carbocycles. The monoisotopic (exact) mass is 369 g/mol. The number of aromatic nitrogens is 2. The topological polar surface area (TPSA) is 68.0 Å². The molecule has 25 heavy (non-hydrogen) atoms. The maximum Gasteiger partial charge on any atom is 0.233 e. The number of hydrogen-bond acceptors (Lipinski definition) is 6. The van der Waals surface area contributed by atoms with Crippen LogP contribution in [0.15, 0.2) is 57.5 Å². The maximum absolute atomic E-state index is 12.3. The SMILES string of the molecule is C[C@@H](Sc1ncnc2c1oc1ccccc12)C(=O)NCc1cccs1. The summed E-state index contributed by atoms with van der Waals surface area (Å²) in [5.41, 5.74) is 2.18. The smallest absolute Gasteiger partial charge is 0.233 e. The minimum absolute atomic E-state index is 0.0266.